The fraction of sp³-hybridized carbons (Fsp3) is 0.125. The van der Waals surface area contributed by atoms with Crippen molar-refractivity contribution in [1.29, 1.82) is 0 Å². The number of pyridine rings is 2. The predicted molar refractivity (Wildman–Crippen MR) is 76.3 cm³/mol. The van der Waals surface area contributed by atoms with Crippen molar-refractivity contribution in [3.8, 4) is 0 Å². The van der Waals surface area contributed by atoms with Crippen molar-refractivity contribution in [2.24, 2.45) is 0 Å². The van der Waals surface area contributed by atoms with Gasteiger partial charge in [-0.25, -0.2) is 0 Å². The van der Waals surface area contributed by atoms with E-state index in [1.165, 1.54) is 0 Å². The van der Waals surface area contributed by atoms with Gasteiger partial charge in [-0.05, 0) is 30.7 Å². The van der Waals surface area contributed by atoms with Gasteiger partial charge in [-0.3, -0.25) is 9.78 Å². The number of aryl methyl sites for hydroxylation is 1. The van der Waals surface area contributed by atoms with Gasteiger partial charge >= 0.3 is 0 Å². The van der Waals surface area contributed by atoms with Crippen molar-refractivity contribution >= 4 is 10.9 Å². The van der Waals surface area contributed by atoms with Crippen molar-refractivity contribution in [3.63, 3.8) is 0 Å². The summed E-state index contributed by atoms with van der Waals surface area (Å²) in [5.74, 6) is 0. The zero-order valence-corrected chi connectivity index (χ0v) is 10.7. The number of para-hydroxylation sites is 1. The summed E-state index contributed by atoms with van der Waals surface area (Å²) in [6.45, 7) is 2.47. The minimum absolute atomic E-state index is 0.0156. The highest BCUT2D eigenvalue weighted by Gasteiger charge is 2.06. The largest absolute Gasteiger partial charge is 0.302 e. The summed E-state index contributed by atoms with van der Waals surface area (Å²) in [6.07, 6.45) is 1.75. The van der Waals surface area contributed by atoms with Crippen LogP contribution >= 0.6 is 0 Å². The minimum Gasteiger partial charge on any atom is -0.302 e. The maximum Gasteiger partial charge on any atom is 0.251 e. The van der Waals surface area contributed by atoms with Crippen molar-refractivity contribution in [2.75, 3.05) is 0 Å². The molecule has 3 heteroatoms. The van der Waals surface area contributed by atoms with Gasteiger partial charge in [0.05, 0.1) is 17.8 Å². The molecule has 0 fully saturated rings. The van der Waals surface area contributed by atoms with Gasteiger partial charge in [0.15, 0.2) is 0 Å². The molecule has 3 nitrogen and oxygen atoms in total. The number of benzene rings is 1. The lowest BCUT2D eigenvalue weighted by Crippen LogP contribution is -2.21. The van der Waals surface area contributed by atoms with E-state index >= 15 is 0 Å². The number of rotatable bonds is 2. The van der Waals surface area contributed by atoms with Crippen molar-refractivity contribution in [2.45, 2.75) is 13.5 Å². The topological polar surface area (TPSA) is 34.9 Å². The summed E-state index contributed by atoms with van der Waals surface area (Å²) in [7, 11) is 0. The van der Waals surface area contributed by atoms with Gasteiger partial charge in [-0.15, -0.1) is 0 Å². The Morgan fingerprint density at radius 3 is 2.68 bits per heavy atom. The lowest BCUT2D eigenvalue weighted by molar-refractivity contribution is 0.770. The van der Waals surface area contributed by atoms with Crippen LogP contribution in [0.3, 0.4) is 0 Å². The molecule has 2 heterocycles. The molecule has 0 saturated carbocycles. The Balaban J connectivity index is 2.21. The number of aromatic nitrogens is 2. The maximum absolute atomic E-state index is 12.2. The fourth-order valence-corrected chi connectivity index (χ4v) is 2.32. The number of hydrogen-bond acceptors (Lipinski definition) is 2. The van der Waals surface area contributed by atoms with E-state index in [0.717, 1.165) is 22.2 Å². The molecule has 0 amide bonds. The Kier molecular flexibility index (Phi) is 2.88. The van der Waals surface area contributed by atoms with Crippen LogP contribution in [-0.4, -0.2) is 9.55 Å². The van der Waals surface area contributed by atoms with E-state index in [1.54, 1.807) is 16.8 Å². The van der Waals surface area contributed by atoms with Crippen LogP contribution in [-0.2, 0) is 6.54 Å². The third kappa shape index (κ3) is 2.15. The van der Waals surface area contributed by atoms with Gasteiger partial charge in [0.25, 0.3) is 5.56 Å². The molecule has 0 N–H and O–H groups in total. The molecule has 0 bridgehead atoms. The highest BCUT2D eigenvalue weighted by molar-refractivity contribution is 5.82. The summed E-state index contributed by atoms with van der Waals surface area (Å²) < 4.78 is 1.77. The molecule has 0 aliphatic heterocycles. The molecule has 19 heavy (non-hydrogen) atoms. The SMILES string of the molecule is Cc1cc(=O)n(Cc2ccccn2)c2ccccc12. The Bertz CT molecular complexity index is 776. The van der Waals surface area contributed by atoms with Gasteiger partial charge < -0.3 is 4.57 Å². The first kappa shape index (κ1) is 11.7. The van der Waals surface area contributed by atoms with Crippen LogP contribution in [0.1, 0.15) is 11.3 Å². The zero-order valence-electron chi connectivity index (χ0n) is 10.7. The Hall–Kier alpha value is -2.42. The summed E-state index contributed by atoms with van der Waals surface area (Å²) >= 11 is 0. The summed E-state index contributed by atoms with van der Waals surface area (Å²) in [5, 5.41) is 1.11. The Morgan fingerprint density at radius 1 is 1.11 bits per heavy atom. The second-order valence-corrected chi connectivity index (χ2v) is 4.59. The van der Waals surface area contributed by atoms with Crippen LogP contribution in [0.5, 0.6) is 0 Å². The average Bonchev–Trinajstić information content (AvgIpc) is 2.45. The van der Waals surface area contributed by atoms with Gasteiger partial charge in [0.1, 0.15) is 0 Å². The van der Waals surface area contributed by atoms with Gasteiger partial charge in [-0.2, -0.15) is 0 Å². The predicted octanol–water partition coefficient (Wildman–Crippen LogP) is 2.75. The first-order valence-electron chi connectivity index (χ1n) is 6.25. The average molecular weight is 250 g/mol. The van der Waals surface area contributed by atoms with E-state index in [9.17, 15) is 4.79 Å². The van der Waals surface area contributed by atoms with Crippen LogP contribution in [0, 0.1) is 6.92 Å². The standard InChI is InChI=1S/C16H14N2O/c1-12-10-16(19)18(11-13-6-4-5-9-17-13)15-8-3-2-7-14(12)15/h2-10H,11H2,1H3. The third-order valence-corrected chi connectivity index (χ3v) is 3.27. The van der Waals surface area contributed by atoms with Crippen molar-refractivity contribution in [3.05, 3.63) is 76.3 Å². The van der Waals surface area contributed by atoms with E-state index in [1.807, 2.05) is 49.4 Å². The van der Waals surface area contributed by atoms with E-state index < -0.39 is 0 Å². The zero-order chi connectivity index (χ0) is 13.2. The van der Waals surface area contributed by atoms with Crippen LogP contribution in [0.2, 0.25) is 0 Å². The normalized spacial score (nSPS) is 10.8. The smallest absolute Gasteiger partial charge is 0.251 e. The van der Waals surface area contributed by atoms with E-state index in [-0.39, 0.29) is 5.56 Å². The molecular weight excluding hydrogens is 236 g/mol. The molecule has 3 aromatic rings. The molecule has 2 aromatic heterocycles. The third-order valence-electron chi connectivity index (χ3n) is 3.27. The monoisotopic (exact) mass is 250 g/mol. The summed E-state index contributed by atoms with van der Waals surface area (Å²) in [5.41, 5.74) is 2.87. The second-order valence-electron chi connectivity index (χ2n) is 4.59. The minimum atomic E-state index is 0.0156. The lowest BCUT2D eigenvalue weighted by atomic mass is 10.1. The Morgan fingerprint density at radius 2 is 1.89 bits per heavy atom. The van der Waals surface area contributed by atoms with Crippen LogP contribution in [0.4, 0.5) is 0 Å². The molecule has 0 atom stereocenters. The van der Waals surface area contributed by atoms with Crippen molar-refractivity contribution < 1.29 is 0 Å². The molecule has 0 aliphatic rings. The molecule has 0 spiro atoms. The fourth-order valence-electron chi connectivity index (χ4n) is 2.32. The van der Waals surface area contributed by atoms with Gasteiger partial charge in [0, 0.05) is 17.6 Å². The second kappa shape index (κ2) is 4.69. The molecule has 0 radical (unpaired) electrons. The van der Waals surface area contributed by atoms with E-state index in [2.05, 4.69) is 4.98 Å². The first-order chi connectivity index (χ1) is 9.25. The summed E-state index contributed by atoms with van der Waals surface area (Å²) in [4.78, 5) is 16.5. The van der Waals surface area contributed by atoms with Gasteiger partial charge in [0.2, 0.25) is 0 Å². The molecule has 3 rings (SSSR count). The van der Waals surface area contributed by atoms with E-state index in [0.29, 0.717) is 6.54 Å². The molecule has 0 saturated heterocycles. The number of hydrogen-bond donors (Lipinski definition) is 0. The quantitative estimate of drug-likeness (QED) is 0.701. The van der Waals surface area contributed by atoms with Crippen LogP contribution in [0.15, 0.2) is 59.5 Å². The number of nitrogens with zero attached hydrogens (tertiary/aromatic N) is 2. The highest BCUT2D eigenvalue weighted by atomic mass is 16.1. The molecule has 94 valence electrons. The molecule has 0 aliphatic carbocycles. The lowest BCUT2D eigenvalue weighted by Gasteiger charge is -2.11. The molecular formula is C16H14N2O. The van der Waals surface area contributed by atoms with Gasteiger partial charge in [-0.1, -0.05) is 24.3 Å². The van der Waals surface area contributed by atoms with Crippen LogP contribution in [0.25, 0.3) is 10.9 Å². The molecule has 0 unspecified atom stereocenters. The first-order valence-corrected chi connectivity index (χ1v) is 6.25. The van der Waals surface area contributed by atoms with E-state index in [4.69, 9.17) is 0 Å². The molecule has 1 aromatic carbocycles. The summed E-state index contributed by atoms with van der Waals surface area (Å²) in [6, 6.07) is 15.4. The maximum atomic E-state index is 12.2. The van der Waals surface area contributed by atoms with Crippen LogP contribution < -0.4 is 5.56 Å². The van der Waals surface area contributed by atoms with Crippen molar-refractivity contribution in [1.82, 2.24) is 9.55 Å². The number of fused-ring (bicyclic) bond motifs is 1. The highest BCUT2D eigenvalue weighted by Crippen LogP contribution is 2.16. The Labute approximate surface area is 111 Å².